The Morgan fingerprint density at radius 1 is 1.00 bits per heavy atom. The number of aromatic nitrogens is 4. The number of fused-ring (bicyclic) bond motifs is 1. The summed E-state index contributed by atoms with van der Waals surface area (Å²) in [5, 5.41) is 0.745. The highest BCUT2D eigenvalue weighted by atomic mass is 16.5. The van der Waals surface area contributed by atoms with Crippen molar-refractivity contribution in [3.8, 4) is 11.5 Å². The van der Waals surface area contributed by atoms with E-state index in [-0.39, 0.29) is 5.95 Å². The van der Waals surface area contributed by atoms with Gasteiger partial charge in [0.2, 0.25) is 5.95 Å². The number of benzene rings is 1. The van der Waals surface area contributed by atoms with E-state index in [1.54, 1.807) is 18.5 Å². The number of ether oxygens (including phenoxy) is 1. The minimum absolute atomic E-state index is 0.133. The lowest BCUT2D eigenvalue weighted by molar-refractivity contribution is 0.474. The fourth-order valence-electron chi connectivity index (χ4n) is 1.98. The first-order valence-electron chi connectivity index (χ1n) is 6.33. The van der Waals surface area contributed by atoms with E-state index in [0.717, 1.165) is 10.9 Å². The van der Waals surface area contributed by atoms with Gasteiger partial charge in [0, 0.05) is 11.5 Å². The predicted molar refractivity (Wildman–Crippen MR) is 79.9 cm³/mol. The first kappa shape index (κ1) is 13.0. The first-order valence-corrected chi connectivity index (χ1v) is 6.33. The highest BCUT2D eigenvalue weighted by Gasteiger charge is 2.09. The molecule has 1 aromatic carbocycles. The second-order valence-electron chi connectivity index (χ2n) is 4.67. The van der Waals surface area contributed by atoms with E-state index in [0.29, 0.717) is 28.7 Å². The maximum absolute atomic E-state index is 5.85. The van der Waals surface area contributed by atoms with Crippen molar-refractivity contribution >= 4 is 22.7 Å². The van der Waals surface area contributed by atoms with Crippen molar-refractivity contribution in [2.24, 2.45) is 0 Å². The van der Waals surface area contributed by atoms with E-state index in [4.69, 9.17) is 16.2 Å². The quantitative estimate of drug-likeness (QED) is 0.738. The summed E-state index contributed by atoms with van der Waals surface area (Å²) in [6.45, 7) is 3.73. The molecule has 4 N–H and O–H groups in total. The summed E-state index contributed by atoms with van der Waals surface area (Å²) in [6.07, 6.45) is 3.24. The average Bonchev–Trinajstić information content (AvgIpc) is 2.43. The van der Waals surface area contributed by atoms with Crippen LogP contribution >= 0.6 is 0 Å². The normalized spacial score (nSPS) is 10.8. The Labute approximate surface area is 121 Å². The Balaban J connectivity index is 2.06. The summed E-state index contributed by atoms with van der Waals surface area (Å²) in [5.74, 6) is 2.37. The van der Waals surface area contributed by atoms with E-state index in [1.807, 2.05) is 19.9 Å². The van der Waals surface area contributed by atoms with Crippen molar-refractivity contribution in [2.75, 3.05) is 11.5 Å². The summed E-state index contributed by atoms with van der Waals surface area (Å²) in [7, 11) is 0. The molecule has 0 amide bonds. The summed E-state index contributed by atoms with van der Waals surface area (Å²) in [5.41, 5.74) is 13.0. The van der Waals surface area contributed by atoms with Crippen LogP contribution in [0.2, 0.25) is 0 Å². The number of rotatable bonds is 2. The molecule has 0 unspecified atom stereocenters. The lowest BCUT2D eigenvalue weighted by Gasteiger charge is -2.10. The van der Waals surface area contributed by atoms with Gasteiger partial charge in [0.1, 0.15) is 17.4 Å². The molecular weight excluding hydrogens is 268 g/mol. The number of hydrogen-bond acceptors (Lipinski definition) is 7. The van der Waals surface area contributed by atoms with Gasteiger partial charge in [-0.2, -0.15) is 4.98 Å². The Morgan fingerprint density at radius 2 is 1.71 bits per heavy atom. The third-order valence-corrected chi connectivity index (χ3v) is 3.02. The maximum atomic E-state index is 5.85. The first-order chi connectivity index (χ1) is 10.0. The van der Waals surface area contributed by atoms with Gasteiger partial charge in [0.05, 0.1) is 17.9 Å². The van der Waals surface area contributed by atoms with Gasteiger partial charge in [-0.15, -0.1) is 0 Å². The van der Waals surface area contributed by atoms with Gasteiger partial charge in [-0.25, -0.2) is 15.0 Å². The highest BCUT2D eigenvalue weighted by Crippen LogP contribution is 2.30. The monoisotopic (exact) mass is 282 g/mol. The zero-order valence-corrected chi connectivity index (χ0v) is 11.7. The van der Waals surface area contributed by atoms with Crippen LogP contribution < -0.4 is 16.2 Å². The highest BCUT2D eigenvalue weighted by molar-refractivity contribution is 5.90. The zero-order valence-electron chi connectivity index (χ0n) is 11.7. The molecule has 21 heavy (non-hydrogen) atoms. The predicted octanol–water partition coefficient (Wildman–Crippen LogP) is 1.99. The molecule has 2 aromatic heterocycles. The lowest BCUT2D eigenvalue weighted by atomic mass is 10.1. The SMILES string of the molecule is Cc1ncc(Oc2cc3nc(N)nc(N)c3cc2C)cn1. The molecule has 3 rings (SSSR count). The average molecular weight is 282 g/mol. The van der Waals surface area contributed by atoms with Gasteiger partial charge in [-0.05, 0) is 25.5 Å². The molecule has 106 valence electrons. The molecule has 0 saturated heterocycles. The summed E-state index contributed by atoms with van der Waals surface area (Å²) >= 11 is 0. The molecular formula is C14H14N6O. The standard InChI is InChI=1S/C14H14N6O/c1-7-3-10-11(19-14(16)20-13(10)15)4-12(7)21-9-5-17-8(2)18-6-9/h3-6H,1-2H3,(H4,15,16,19,20). The van der Waals surface area contributed by atoms with E-state index < -0.39 is 0 Å². The van der Waals surface area contributed by atoms with Crippen molar-refractivity contribution in [1.82, 2.24) is 19.9 Å². The second-order valence-corrected chi connectivity index (χ2v) is 4.67. The minimum Gasteiger partial charge on any atom is -0.454 e. The molecule has 7 heteroatoms. The summed E-state index contributed by atoms with van der Waals surface area (Å²) in [6, 6.07) is 3.65. The molecule has 2 heterocycles. The van der Waals surface area contributed by atoms with Crippen molar-refractivity contribution in [3.63, 3.8) is 0 Å². The molecule has 0 saturated carbocycles. The number of anilines is 2. The molecule has 0 spiro atoms. The van der Waals surface area contributed by atoms with Crippen molar-refractivity contribution in [2.45, 2.75) is 13.8 Å². The van der Waals surface area contributed by atoms with Crippen LogP contribution in [0.5, 0.6) is 11.5 Å². The smallest absolute Gasteiger partial charge is 0.222 e. The van der Waals surface area contributed by atoms with Crippen LogP contribution in [0.4, 0.5) is 11.8 Å². The van der Waals surface area contributed by atoms with E-state index in [1.165, 1.54) is 0 Å². The van der Waals surface area contributed by atoms with E-state index in [2.05, 4.69) is 19.9 Å². The van der Waals surface area contributed by atoms with E-state index in [9.17, 15) is 0 Å². The minimum atomic E-state index is 0.133. The third-order valence-electron chi connectivity index (χ3n) is 3.02. The van der Waals surface area contributed by atoms with Crippen LogP contribution in [-0.2, 0) is 0 Å². The van der Waals surface area contributed by atoms with Crippen LogP contribution in [0, 0.1) is 13.8 Å². The fraction of sp³-hybridized carbons (Fsp3) is 0.143. The number of nitrogens with two attached hydrogens (primary N) is 2. The van der Waals surface area contributed by atoms with E-state index >= 15 is 0 Å². The van der Waals surface area contributed by atoms with Gasteiger partial charge in [0.25, 0.3) is 0 Å². The van der Waals surface area contributed by atoms with Gasteiger partial charge in [-0.3, -0.25) is 0 Å². The zero-order chi connectivity index (χ0) is 15.0. The Bertz CT molecular complexity index is 816. The molecule has 0 aliphatic heterocycles. The van der Waals surface area contributed by atoms with Crippen molar-refractivity contribution in [1.29, 1.82) is 0 Å². The van der Waals surface area contributed by atoms with Crippen molar-refractivity contribution in [3.05, 3.63) is 35.9 Å². The number of nitrogen functional groups attached to an aromatic ring is 2. The summed E-state index contributed by atoms with van der Waals surface area (Å²) in [4.78, 5) is 16.3. The van der Waals surface area contributed by atoms with Gasteiger partial charge < -0.3 is 16.2 Å². The molecule has 0 bridgehead atoms. The fourth-order valence-corrected chi connectivity index (χ4v) is 1.98. The Morgan fingerprint density at radius 3 is 2.43 bits per heavy atom. The topological polar surface area (TPSA) is 113 Å². The van der Waals surface area contributed by atoms with Gasteiger partial charge >= 0.3 is 0 Å². The second kappa shape index (κ2) is 4.86. The summed E-state index contributed by atoms with van der Waals surface area (Å²) < 4.78 is 5.78. The largest absolute Gasteiger partial charge is 0.454 e. The number of nitrogens with zero attached hydrogens (tertiary/aromatic N) is 4. The molecule has 3 aromatic rings. The Kier molecular flexibility index (Phi) is 3.02. The molecule has 7 nitrogen and oxygen atoms in total. The van der Waals surface area contributed by atoms with Gasteiger partial charge in [0.15, 0.2) is 5.75 Å². The molecule has 0 fully saturated rings. The van der Waals surface area contributed by atoms with Crippen LogP contribution in [-0.4, -0.2) is 19.9 Å². The third kappa shape index (κ3) is 2.53. The Hall–Kier alpha value is -2.96. The lowest BCUT2D eigenvalue weighted by Crippen LogP contribution is -2.01. The molecule has 0 aliphatic carbocycles. The van der Waals surface area contributed by atoms with Crippen LogP contribution in [0.3, 0.4) is 0 Å². The molecule has 0 aliphatic rings. The number of aryl methyl sites for hydroxylation is 2. The van der Waals surface area contributed by atoms with Crippen molar-refractivity contribution < 1.29 is 4.74 Å². The van der Waals surface area contributed by atoms with Crippen LogP contribution in [0.25, 0.3) is 10.9 Å². The molecule has 0 atom stereocenters. The molecule has 0 radical (unpaired) electrons. The number of hydrogen-bond donors (Lipinski definition) is 2. The van der Waals surface area contributed by atoms with Gasteiger partial charge in [-0.1, -0.05) is 0 Å². The maximum Gasteiger partial charge on any atom is 0.222 e. The van der Waals surface area contributed by atoms with Crippen LogP contribution in [0.1, 0.15) is 11.4 Å². The van der Waals surface area contributed by atoms with Crippen LogP contribution in [0.15, 0.2) is 24.5 Å².